The van der Waals surface area contributed by atoms with Crippen LogP contribution in [-0.2, 0) is 6.18 Å². The molecule has 0 unspecified atom stereocenters. The highest BCUT2D eigenvalue weighted by Crippen LogP contribution is 2.31. The molecule has 3 N–H and O–H groups in total. The fourth-order valence-corrected chi connectivity index (χ4v) is 2.91. The van der Waals surface area contributed by atoms with Gasteiger partial charge in [-0.25, -0.2) is 4.98 Å². The summed E-state index contributed by atoms with van der Waals surface area (Å²) in [5.74, 6) is -0.582. The van der Waals surface area contributed by atoms with Gasteiger partial charge in [0.1, 0.15) is 17.6 Å². The minimum Gasteiger partial charge on any atom is -0.383 e. The summed E-state index contributed by atoms with van der Waals surface area (Å²) in [7, 11) is 0. The molecule has 152 valence electrons. The highest BCUT2D eigenvalue weighted by molar-refractivity contribution is 6.04. The molecular formula is C21H16F3N5O. The van der Waals surface area contributed by atoms with E-state index in [-0.39, 0.29) is 16.9 Å². The normalized spacial score (nSPS) is 11.1. The van der Waals surface area contributed by atoms with Crippen molar-refractivity contribution in [2.24, 2.45) is 0 Å². The summed E-state index contributed by atoms with van der Waals surface area (Å²) in [5, 5.41) is 11.8. The van der Waals surface area contributed by atoms with Crippen molar-refractivity contribution in [1.82, 2.24) is 9.97 Å². The summed E-state index contributed by atoms with van der Waals surface area (Å²) in [5.41, 5.74) is 7.86. The fraction of sp³-hybridized carbons (Fsp3) is 0.143. The van der Waals surface area contributed by atoms with Gasteiger partial charge in [0.15, 0.2) is 0 Å². The Balaban J connectivity index is 1.95. The fourth-order valence-electron chi connectivity index (χ4n) is 2.91. The van der Waals surface area contributed by atoms with Gasteiger partial charge in [-0.1, -0.05) is 6.07 Å². The van der Waals surface area contributed by atoms with Gasteiger partial charge in [-0.05, 0) is 55.3 Å². The lowest BCUT2D eigenvalue weighted by atomic mass is 9.97. The first kappa shape index (κ1) is 20.8. The topological polar surface area (TPSA) is 105 Å². The number of anilines is 2. The number of pyridine rings is 2. The molecule has 30 heavy (non-hydrogen) atoms. The molecule has 0 bridgehead atoms. The summed E-state index contributed by atoms with van der Waals surface area (Å²) >= 11 is 0. The number of rotatable bonds is 3. The molecule has 9 heteroatoms. The summed E-state index contributed by atoms with van der Waals surface area (Å²) < 4.78 is 38.5. The van der Waals surface area contributed by atoms with E-state index >= 15 is 0 Å². The molecule has 2 heterocycles. The van der Waals surface area contributed by atoms with Crippen LogP contribution in [0.25, 0.3) is 11.1 Å². The van der Waals surface area contributed by atoms with E-state index in [2.05, 4.69) is 15.3 Å². The molecule has 6 nitrogen and oxygen atoms in total. The molecule has 0 radical (unpaired) electrons. The van der Waals surface area contributed by atoms with Crippen LogP contribution in [0, 0.1) is 25.2 Å². The third kappa shape index (κ3) is 4.22. The first-order chi connectivity index (χ1) is 14.1. The number of hydrogen-bond acceptors (Lipinski definition) is 5. The van der Waals surface area contributed by atoms with E-state index in [0.29, 0.717) is 28.6 Å². The van der Waals surface area contributed by atoms with Crippen molar-refractivity contribution in [3.05, 3.63) is 70.7 Å². The number of aryl methyl sites for hydroxylation is 2. The van der Waals surface area contributed by atoms with E-state index in [1.165, 1.54) is 6.07 Å². The van der Waals surface area contributed by atoms with Gasteiger partial charge in [-0.15, -0.1) is 0 Å². The first-order valence-electron chi connectivity index (χ1n) is 8.73. The smallest absolute Gasteiger partial charge is 0.383 e. The number of nitrogens with zero attached hydrogens (tertiary/aromatic N) is 3. The highest BCUT2D eigenvalue weighted by Gasteiger charge is 2.33. The van der Waals surface area contributed by atoms with Crippen LogP contribution in [0.2, 0.25) is 0 Å². The van der Waals surface area contributed by atoms with Gasteiger partial charge in [-0.2, -0.15) is 18.4 Å². The average Bonchev–Trinajstić information content (AvgIpc) is 2.69. The molecular weight excluding hydrogens is 395 g/mol. The zero-order valence-electron chi connectivity index (χ0n) is 16.0. The molecule has 0 fully saturated rings. The molecule has 0 aliphatic heterocycles. The molecule has 3 aromatic rings. The van der Waals surface area contributed by atoms with Crippen LogP contribution in [0.1, 0.15) is 32.9 Å². The van der Waals surface area contributed by atoms with Crippen molar-refractivity contribution in [3.63, 3.8) is 0 Å². The van der Waals surface area contributed by atoms with E-state index < -0.39 is 17.8 Å². The number of amides is 1. The molecule has 3 rings (SSSR count). The Morgan fingerprint density at radius 3 is 2.53 bits per heavy atom. The highest BCUT2D eigenvalue weighted by atomic mass is 19.4. The van der Waals surface area contributed by atoms with Gasteiger partial charge in [0.05, 0.1) is 5.56 Å². The van der Waals surface area contributed by atoms with Crippen molar-refractivity contribution in [3.8, 4) is 17.2 Å². The number of nitrogens with one attached hydrogen (secondary N) is 1. The molecule has 0 saturated heterocycles. The van der Waals surface area contributed by atoms with Crippen molar-refractivity contribution < 1.29 is 18.0 Å². The molecule has 0 atom stereocenters. The Morgan fingerprint density at radius 2 is 1.87 bits per heavy atom. The number of halogens is 3. The number of carbonyl (C=O) groups is 1. The quantitative estimate of drug-likeness (QED) is 0.661. The summed E-state index contributed by atoms with van der Waals surface area (Å²) in [6.45, 7) is 3.59. The largest absolute Gasteiger partial charge is 0.433 e. The van der Waals surface area contributed by atoms with Crippen LogP contribution in [-0.4, -0.2) is 15.9 Å². The number of alkyl halides is 3. The molecule has 0 spiro atoms. The minimum atomic E-state index is -4.65. The number of carbonyl (C=O) groups excluding carboxylic acids is 1. The zero-order valence-corrected chi connectivity index (χ0v) is 16.0. The summed E-state index contributed by atoms with van der Waals surface area (Å²) in [6.07, 6.45) is -3.71. The monoisotopic (exact) mass is 411 g/mol. The molecule has 1 aromatic carbocycles. The molecule has 1 amide bonds. The first-order valence-corrected chi connectivity index (χ1v) is 8.73. The Hall–Kier alpha value is -3.93. The second kappa shape index (κ2) is 7.83. The minimum absolute atomic E-state index is 0.124. The molecule has 0 aliphatic carbocycles. The average molecular weight is 411 g/mol. The Morgan fingerprint density at radius 1 is 1.13 bits per heavy atom. The van der Waals surface area contributed by atoms with Gasteiger partial charge in [-0.3, -0.25) is 9.78 Å². The Kier molecular flexibility index (Phi) is 5.43. The molecule has 0 aliphatic rings. The van der Waals surface area contributed by atoms with Crippen LogP contribution in [0.15, 0.2) is 42.6 Å². The maximum Gasteiger partial charge on any atom is 0.433 e. The van der Waals surface area contributed by atoms with Crippen LogP contribution in [0.5, 0.6) is 0 Å². The predicted octanol–water partition coefficient (Wildman–Crippen LogP) is 4.49. The summed E-state index contributed by atoms with van der Waals surface area (Å²) in [4.78, 5) is 19.9. The SMILES string of the molecule is Cc1ccc(NC(=O)c2ccnc(C(F)(F)F)c2)cc1-c1cc(C#N)c(N)nc1C. The lowest BCUT2D eigenvalue weighted by Gasteiger charge is -2.13. The maximum absolute atomic E-state index is 12.8. The van der Waals surface area contributed by atoms with Crippen molar-refractivity contribution in [2.75, 3.05) is 11.1 Å². The zero-order chi connectivity index (χ0) is 22.1. The standard InChI is InChI=1S/C21H16F3N5O/c1-11-3-4-15(9-16(11)17-7-14(10-25)19(26)28-12(17)2)29-20(30)13-5-6-27-18(8-13)21(22,23)24/h3-9H,1-2H3,(H2,26,28)(H,29,30). The lowest BCUT2D eigenvalue weighted by Crippen LogP contribution is -2.15. The predicted molar refractivity (Wildman–Crippen MR) is 105 cm³/mol. The van der Waals surface area contributed by atoms with E-state index in [9.17, 15) is 23.2 Å². The van der Waals surface area contributed by atoms with Gasteiger partial charge in [0, 0.05) is 28.7 Å². The van der Waals surface area contributed by atoms with Crippen molar-refractivity contribution in [1.29, 1.82) is 5.26 Å². The van der Waals surface area contributed by atoms with Crippen LogP contribution >= 0.6 is 0 Å². The molecule has 2 aromatic heterocycles. The van der Waals surface area contributed by atoms with Gasteiger partial charge >= 0.3 is 6.18 Å². The number of nitrogen functional groups attached to an aromatic ring is 1. The maximum atomic E-state index is 12.8. The van der Waals surface area contributed by atoms with E-state index in [1.54, 1.807) is 31.2 Å². The Bertz CT molecular complexity index is 1180. The van der Waals surface area contributed by atoms with E-state index in [0.717, 1.165) is 11.8 Å². The summed E-state index contributed by atoms with van der Waals surface area (Å²) in [6, 6.07) is 10.5. The van der Waals surface area contributed by atoms with Gasteiger partial charge in [0.25, 0.3) is 5.91 Å². The number of hydrogen-bond donors (Lipinski definition) is 2. The van der Waals surface area contributed by atoms with E-state index in [4.69, 9.17) is 5.73 Å². The van der Waals surface area contributed by atoms with Crippen molar-refractivity contribution >= 4 is 17.4 Å². The number of aromatic nitrogens is 2. The van der Waals surface area contributed by atoms with Crippen LogP contribution < -0.4 is 11.1 Å². The van der Waals surface area contributed by atoms with Crippen molar-refractivity contribution in [2.45, 2.75) is 20.0 Å². The van der Waals surface area contributed by atoms with Gasteiger partial charge in [0.2, 0.25) is 0 Å². The second-order valence-corrected chi connectivity index (χ2v) is 6.58. The third-order valence-electron chi connectivity index (χ3n) is 4.46. The second-order valence-electron chi connectivity index (χ2n) is 6.58. The lowest BCUT2D eigenvalue weighted by molar-refractivity contribution is -0.141. The molecule has 0 saturated carbocycles. The van der Waals surface area contributed by atoms with Crippen LogP contribution in [0.4, 0.5) is 24.7 Å². The van der Waals surface area contributed by atoms with Crippen LogP contribution in [0.3, 0.4) is 0 Å². The Labute approximate surface area is 170 Å². The third-order valence-corrected chi connectivity index (χ3v) is 4.46. The number of nitrogens with two attached hydrogens (primary N) is 1. The van der Waals surface area contributed by atoms with E-state index in [1.807, 2.05) is 13.0 Å². The number of nitriles is 1. The van der Waals surface area contributed by atoms with Gasteiger partial charge < -0.3 is 11.1 Å². The number of benzene rings is 1.